The van der Waals surface area contributed by atoms with Crippen LogP contribution in [0.3, 0.4) is 0 Å². The molecule has 7 heteroatoms. The fourth-order valence-electron chi connectivity index (χ4n) is 10.9. The SMILES string of the molecule is COCCC(C)(C)OCCC(C)(C)OCCCOC(=O)CCC(=O)O[C@H]1CC[C@@]2(C)C(=CCC3C4CCC(C(C)CCCC(C)C)[C@@]4(C)CCC32)C1. The summed E-state index contributed by atoms with van der Waals surface area (Å²) in [4.78, 5) is 25.2. The van der Waals surface area contributed by atoms with Crippen LogP contribution in [0.2, 0.25) is 0 Å². The van der Waals surface area contributed by atoms with Crippen molar-refractivity contribution in [3.63, 3.8) is 0 Å². The van der Waals surface area contributed by atoms with E-state index < -0.39 is 0 Å². The normalized spacial score (nSPS) is 31.0. The molecule has 4 aliphatic rings. The number of hydrogen-bond acceptors (Lipinski definition) is 7. The molecule has 8 atom stereocenters. The lowest BCUT2D eigenvalue weighted by atomic mass is 9.47. The number of esters is 2. The molecule has 0 heterocycles. The molecule has 0 N–H and O–H groups in total. The van der Waals surface area contributed by atoms with Crippen molar-refractivity contribution in [2.24, 2.45) is 46.3 Å². The van der Waals surface area contributed by atoms with E-state index in [0.29, 0.717) is 31.7 Å². The van der Waals surface area contributed by atoms with Gasteiger partial charge in [0.15, 0.2) is 0 Å². The molecule has 300 valence electrons. The first-order chi connectivity index (χ1) is 24.5. The van der Waals surface area contributed by atoms with Crippen LogP contribution >= 0.6 is 0 Å². The van der Waals surface area contributed by atoms with Crippen LogP contribution in [0.4, 0.5) is 0 Å². The molecule has 4 rings (SSSR count). The Morgan fingerprint density at radius 1 is 0.808 bits per heavy atom. The van der Waals surface area contributed by atoms with E-state index in [4.69, 9.17) is 23.7 Å². The highest BCUT2D eigenvalue weighted by atomic mass is 16.5. The van der Waals surface area contributed by atoms with Crippen molar-refractivity contribution >= 4 is 11.9 Å². The Morgan fingerprint density at radius 3 is 2.21 bits per heavy atom. The lowest BCUT2D eigenvalue weighted by Gasteiger charge is -2.58. The van der Waals surface area contributed by atoms with Crippen LogP contribution in [-0.4, -0.2) is 62.8 Å². The second-order valence-electron chi connectivity index (χ2n) is 19.4. The molecule has 0 aliphatic heterocycles. The lowest BCUT2D eigenvalue weighted by Crippen LogP contribution is -2.51. The van der Waals surface area contributed by atoms with Gasteiger partial charge in [0.2, 0.25) is 0 Å². The highest BCUT2D eigenvalue weighted by Crippen LogP contribution is 2.67. The monoisotopic (exact) mass is 731 g/mol. The fourth-order valence-corrected chi connectivity index (χ4v) is 10.9. The molecule has 0 spiro atoms. The Labute approximate surface area is 318 Å². The van der Waals surface area contributed by atoms with E-state index in [1.165, 1.54) is 56.9 Å². The summed E-state index contributed by atoms with van der Waals surface area (Å²) in [5.41, 5.74) is 1.69. The van der Waals surface area contributed by atoms with Crippen LogP contribution in [0.15, 0.2) is 11.6 Å². The minimum Gasteiger partial charge on any atom is -0.466 e. The number of carbonyl (C=O) groups is 2. The third-order valence-electron chi connectivity index (χ3n) is 14.2. The summed E-state index contributed by atoms with van der Waals surface area (Å²) in [6.45, 7) is 22.8. The summed E-state index contributed by atoms with van der Waals surface area (Å²) in [5.74, 6) is 4.28. The zero-order valence-corrected chi connectivity index (χ0v) is 35.1. The minimum absolute atomic E-state index is 0.0513. The number of hydrogen-bond donors (Lipinski definition) is 0. The van der Waals surface area contributed by atoms with Gasteiger partial charge in [-0.1, -0.05) is 65.5 Å². The number of carbonyl (C=O) groups excluding carboxylic acids is 2. The van der Waals surface area contributed by atoms with E-state index in [0.717, 1.165) is 67.6 Å². The number of allylic oxidation sites excluding steroid dienone is 1. The number of ether oxygens (including phenoxy) is 5. The van der Waals surface area contributed by atoms with Crippen LogP contribution in [0.5, 0.6) is 0 Å². The molecule has 5 unspecified atom stereocenters. The molecule has 0 radical (unpaired) electrons. The minimum atomic E-state index is -0.358. The largest absolute Gasteiger partial charge is 0.466 e. The molecule has 3 fully saturated rings. The maximum Gasteiger partial charge on any atom is 0.306 e. The molecule has 0 bridgehead atoms. The predicted molar refractivity (Wildman–Crippen MR) is 209 cm³/mol. The van der Waals surface area contributed by atoms with Gasteiger partial charge in [0.25, 0.3) is 0 Å². The van der Waals surface area contributed by atoms with Gasteiger partial charge in [0, 0.05) is 26.6 Å². The quantitative estimate of drug-likeness (QED) is 0.0661. The van der Waals surface area contributed by atoms with E-state index in [-0.39, 0.29) is 54.1 Å². The van der Waals surface area contributed by atoms with Crippen molar-refractivity contribution in [1.29, 1.82) is 0 Å². The van der Waals surface area contributed by atoms with Crippen LogP contribution < -0.4 is 0 Å². The summed E-state index contributed by atoms with van der Waals surface area (Å²) in [5, 5.41) is 0. The van der Waals surface area contributed by atoms with E-state index in [9.17, 15) is 9.59 Å². The van der Waals surface area contributed by atoms with Crippen LogP contribution in [0.1, 0.15) is 165 Å². The fraction of sp³-hybridized carbons (Fsp3) is 0.911. The molecule has 0 aromatic rings. The van der Waals surface area contributed by atoms with Crippen molar-refractivity contribution in [3.05, 3.63) is 11.6 Å². The van der Waals surface area contributed by atoms with Gasteiger partial charge in [-0.25, -0.2) is 0 Å². The van der Waals surface area contributed by atoms with Gasteiger partial charge in [0.1, 0.15) is 6.10 Å². The van der Waals surface area contributed by atoms with E-state index >= 15 is 0 Å². The van der Waals surface area contributed by atoms with Crippen molar-refractivity contribution in [1.82, 2.24) is 0 Å². The van der Waals surface area contributed by atoms with Crippen LogP contribution in [0, 0.1) is 46.3 Å². The van der Waals surface area contributed by atoms with Crippen molar-refractivity contribution < 1.29 is 33.3 Å². The van der Waals surface area contributed by atoms with Crippen molar-refractivity contribution in [2.75, 3.05) is 33.5 Å². The highest BCUT2D eigenvalue weighted by Gasteiger charge is 2.59. The Morgan fingerprint density at radius 2 is 1.50 bits per heavy atom. The molecule has 3 saturated carbocycles. The van der Waals surface area contributed by atoms with Crippen molar-refractivity contribution in [2.45, 2.75) is 182 Å². The van der Waals surface area contributed by atoms with Crippen LogP contribution in [-0.2, 0) is 33.3 Å². The molecular formula is C45H78O7. The third kappa shape index (κ3) is 11.5. The first-order valence-corrected chi connectivity index (χ1v) is 21.3. The van der Waals surface area contributed by atoms with Crippen molar-refractivity contribution in [3.8, 4) is 0 Å². The summed E-state index contributed by atoms with van der Waals surface area (Å²) >= 11 is 0. The summed E-state index contributed by atoms with van der Waals surface area (Å²) in [7, 11) is 1.70. The first kappa shape index (κ1) is 43.3. The molecule has 0 amide bonds. The molecule has 4 aliphatic carbocycles. The molecule has 0 aromatic heterocycles. The van der Waals surface area contributed by atoms with Gasteiger partial charge in [-0.15, -0.1) is 0 Å². The van der Waals surface area contributed by atoms with Crippen LogP contribution in [0.25, 0.3) is 0 Å². The number of fused-ring (bicyclic) bond motifs is 5. The topological polar surface area (TPSA) is 80.3 Å². The highest BCUT2D eigenvalue weighted by molar-refractivity contribution is 5.77. The standard InChI is InChI=1S/C45H78O7/c1-32(2)13-11-14-33(3)37-17-18-38-36-16-15-34-31-35(21-23-44(34,8)39(36)22-24-45(37,38)9)52-41(47)20-19-40(46)49-27-12-28-50-43(6,7)26-30-51-42(4,5)25-29-48-10/h15,32-33,35-39H,11-14,16-31H2,1-10H3/t33?,35-,36?,37?,38?,39?,44-,45+/m0/s1. The lowest BCUT2D eigenvalue weighted by molar-refractivity contribution is -0.155. The first-order valence-electron chi connectivity index (χ1n) is 21.3. The molecular weight excluding hydrogens is 652 g/mol. The van der Waals surface area contributed by atoms with Gasteiger partial charge in [-0.2, -0.15) is 0 Å². The van der Waals surface area contributed by atoms with E-state index in [1.807, 2.05) is 0 Å². The predicted octanol–water partition coefficient (Wildman–Crippen LogP) is 10.7. The van der Waals surface area contributed by atoms with E-state index in [1.54, 1.807) is 7.11 Å². The van der Waals surface area contributed by atoms with Gasteiger partial charge in [-0.05, 0) is 132 Å². The Balaban J connectivity index is 1.14. The second kappa shape index (κ2) is 18.9. The Hall–Kier alpha value is -1.44. The molecule has 52 heavy (non-hydrogen) atoms. The van der Waals surface area contributed by atoms with Gasteiger partial charge in [0.05, 0.1) is 43.9 Å². The summed E-state index contributed by atoms with van der Waals surface area (Å²) in [6, 6.07) is 0. The number of methoxy groups -OCH3 is 1. The summed E-state index contributed by atoms with van der Waals surface area (Å²) in [6.07, 6.45) is 18.6. The second-order valence-corrected chi connectivity index (χ2v) is 19.4. The third-order valence-corrected chi connectivity index (χ3v) is 14.2. The zero-order chi connectivity index (χ0) is 38.2. The number of rotatable bonds is 21. The zero-order valence-electron chi connectivity index (χ0n) is 35.1. The maximum absolute atomic E-state index is 12.8. The summed E-state index contributed by atoms with van der Waals surface area (Å²) < 4.78 is 28.6. The maximum atomic E-state index is 12.8. The molecule has 0 aromatic carbocycles. The average Bonchev–Trinajstić information content (AvgIpc) is 3.43. The Bertz CT molecular complexity index is 1170. The Kier molecular flexibility index (Phi) is 15.8. The molecule has 0 saturated heterocycles. The smallest absolute Gasteiger partial charge is 0.306 e. The van der Waals surface area contributed by atoms with Gasteiger partial charge in [-0.3, -0.25) is 9.59 Å². The van der Waals surface area contributed by atoms with Gasteiger partial charge >= 0.3 is 11.9 Å². The molecule has 7 nitrogen and oxygen atoms in total. The average molecular weight is 731 g/mol. The van der Waals surface area contributed by atoms with E-state index in [2.05, 4.69) is 68.4 Å². The van der Waals surface area contributed by atoms with Gasteiger partial charge < -0.3 is 23.7 Å².